The number of aromatic nitrogens is 4. The largest absolute Gasteiger partial charge is 0.281 e. The van der Waals surface area contributed by atoms with Gasteiger partial charge in [0.1, 0.15) is 0 Å². The van der Waals surface area contributed by atoms with Gasteiger partial charge in [0.2, 0.25) is 5.24 Å². The predicted molar refractivity (Wildman–Crippen MR) is 54.4 cm³/mol. The molecule has 1 aliphatic rings. The monoisotopic (exact) mass is 228 g/mol. The van der Waals surface area contributed by atoms with Crippen molar-refractivity contribution in [1.29, 1.82) is 0 Å². The summed E-state index contributed by atoms with van der Waals surface area (Å²) < 4.78 is 1.70. The molecule has 1 aliphatic carbocycles. The van der Waals surface area contributed by atoms with Crippen molar-refractivity contribution < 1.29 is 4.79 Å². The fourth-order valence-corrected chi connectivity index (χ4v) is 2.38. The van der Waals surface area contributed by atoms with Crippen molar-refractivity contribution in [2.24, 2.45) is 13.0 Å². The zero-order chi connectivity index (χ0) is 10.8. The first kappa shape index (κ1) is 10.5. The van der Waals surface area contributed by atoms with Gasteiger partial charge < -0.3 is 0 Å². The van der Waals surface area contributed by atoms with Crippen LogP contribution in [-0.2, 0) is 11.8 Å². The Balaban J connectivity index is 2.00. The van der Waals surface area contributed by atoms with Gasteiger partial charge in [-0.05, 0) is 47.7 Å². The lowest BCUT2D eigenvalue weighted by atomic mass is 9.82. The van der Waals surface area contributed by atoms with Crippen molar-refractivity contribution in [1.82, 2.24) is 20.2 Å². The number of hydrogen-bond donors (Lipinski definition) is 0. The van der Waals surface area contributed by atoms with Crippen molar-refractivity contribution in [2.45, 2.75) is 31.6 Å². The highest BCUT2D eigenvalue weighted by Crippen LogP contribution is 2.35. The molecule has 82 valence electrons. The summed E-state index contributed by atoms with van der Waals surface area (Å²) in [4.78, 5) is 11.0. The highest BCUT2D eigenvalue weighted by molar-refractivity contribution is 6.63. The minimum absolute atomic E-state index is 0.0316. The molecule has 15 heavy (non-hydrogen) atoms. The number of halogens is 1. The molecule has 0 aliphatic heterocycles. The molecule has 6 heteroatoms. The molecule has 0 N–H and O–H groups in total. The van der Waals surface area contributed by atoms with Gasteiger partial charge in [-0.1, -0.05) is 0 Å². The molecule has 0 spiro atoms. The van der Waals surface area contributed by atoms with Crippen LogP contribution in [0.2, 0.25) is 0 Å². The highest BCUT2D eigenvalue weighted by Gasteiger charge is 2.28. The summed E-state index contributed by atoms with van der Waals surface area (Å²) >= 11 is 5.48. The summed E-state index contributed by atoms with van der Waals surface area (Å²) in [5.74, 6) is 1.32. The summed E-state index contributed by atoms with van der Waals surface area (Å²) in [5.41, 5.74) is 0. The molecule has 1 heterocycles. The van der Waals surface area contributed by atoms with E-state index in [0.717, 1.165) is 31.5 Å². The molecule has 2 rings (SSSR count). The van der Waals surface area contributed by atoms with E-state index in [2.05, 4.69) is 15.5 Å². The Morgan fingerprint density at radius 3 is 2.53 bits per heavy atom. The van der Waals surface area contributed by atoms with Crippen LogP contribution in [0.5, 0.6) is 0 Å². The fraction of sp³-hybridized carbons (Fsp3) is 0.778. The third kappa shape index (κ3) is 2.17. The lowest BCUT2D eigenvalue weighted by Gasteiger charge is -2.24. The standard InChI is InChI=1S/C9H13ClN4O/c1-14-9(11-12-13-14)7-4-2-6(3-5-7)8(10)15/h6-7H,2-5H2,1H3. The van der Waals surface area contributed by atoms with E-state index in [1.807, 2.05) is 7.05 Å². The molecule has 0 radical (unpaired) electrons. The second-order valence-electron chi connectivity index (χ2n) is 4.01. The van der Waals surface area contributed by atoms with Gasteiger partial charge in [0.05, 0.1) is 0 Å². The number of hydrogen-bond acceptors (Lipinski definition) is 4. The Hall–Kier alpha value is -0.970. The summed E-state index contributed by atoms with van der Waals surface area (Å²) in [7, 11) is 1.84. The topological polar surface area (TPSA) is 60.7 Å². The number of rotatable bonds is 2. The van der Waals surface area contributed by atoms with Crippen LogP contribution in [0, 0.1) is 5.92 Å². The van der Waals surface area contributed by atoms with Crippen LogP contribution in [0.25, 0.3) is 0 Å². The predicted octanol–water partition coefficient (Wildman–Crippen LogP) is 1.25. The maximum atomic E-state index is 11.0. The van der Waals surface area contributed by atoms with E-state index in [-0.39, 0.29) is 11.2 Å². The fourth-order valence-electron chi connectivity index (χ4n) is 2.16. The molecule has 1 aromatic rings. The number of carbonyl (C=O) groups is 1. The molecule has 5 nitrogen and oxygen atoms in total. The molecule has 0 saturated heterocycles. The average molecular weight is 229 g/mol. The van der Waals surface area contributed by atoms with Gasteiger partial charge in [0.15, 0.2) is 5.82 Å². The molecule has 0 amide bonds. The van der Waals surface area contributed by atoms with E-state index in [1.165, 1.54) is 0 Å². The first-order valence-corrected chi connectivity index (χ1v) is 5.48. The van der Waals surface area contributed by atoms with Crippen molar-refractivity contribution >= 4 is 16.8 Å². The number of aryl methyl sites for hydroxylation is 1. The van der Waals surface area contributed by atoms with Gasteiger partial charge in [-0.3, -0.25) is 4.79 Å². The minimum atomic E-state index is -0.204. The van der Waals surface area contributed by atoms with Crippen LogP contribution in [-0.4, -0.2) is 25.4 Å². The zero-order valence-electron chi connectivity index (χ0n) is 8.56. The quantitative estimate of drug-likeness (QED) is 0.715. The SMILES string of the molecule is Cn1nnnc1C1CCC(C(=O)Cl)CC1. The second-order valence-corrected chi connectivity index (χ2v) is 4.39. The number of tetrazole rings is 1. The van der Waals surface area contributed by atoms with Crippen LogP contribution in [0.3, 0.4) is 0 Å². The van der Waals surface area contributed by atoms with Crippen molar-refractivity contribution in [3.8, 4) is 0 Å². The first-order valence-electron chi connectivity index (χ1n) is 5.10. The summed E-state index contributed by atoms with van der Waals surface area (Å²) in [6.07, 6.45) is 3.58. The van der Waals surface area contributed by atoms with E-state index in [0.29, 0.717) is 5.92 Å². The van der Waals surface area contributed by atoms with Gasteiger partial charge in [-0.15, -0.1) is 5.10 Å². The van der Waals surface area contributed by atoms with Crippen LogP contribution in [0.15, 0.2) is 0 Å². The van der Waals surface area contributed by atoms with Crippen molar-refractivity contribution in [3.63, 3.8) is 0 Å². The molecular weight excluding hydrogens is 216 g/mol. The van der Waals surface area contributed by atoms with Crippen LogP contribution < -0.4 is 0 Å². The normalized spacial score (nSPS) is 26.5. The van der Waals surface area contributed by atoms with Crippen LogP contribution >= 0.6 is 11.6 Å². The first-order chi connectivity index (χ1) is 7.18. The summed E-state index contributed by atoms with van der Waals surface area (Å²) in [6, 6.07) is 0. The Morgan fingerprint density at radius 2 is 2.07 bits per heavy atom. The van der Waals surface area contributed by atoms with E-state index in [4.69, 9.17) is 11.6 Å². The molecule has 0 unspecified atom stereocenters. The van der Waals surface area contributed by atoms with Gasteiger partial charge >= 0.3 is 0 Å². The number of nitrogens with zero attached hydrogens (tertiary/aromatic N) is 4. The Morgan fingerprint density at radius 1 is 1.40 bits per heavy atom. The van der Waals surface area contributed by atoms with Gasteiger partial charge in [0, 0.05) is 18.9 Å². The minimum Gasteiger partial charge on any atom is -0.281 e. The maximum absolute atomic E-state index is 11.0. The summed E-state index contributed by atoms with van der Waals surface area (Å²) in [5, 5.41) is 11.2. The third-order valence-electron chi connectivity index (χ3n) is 3.07. The molecule has 1 aromatic heterocycles. The van der Waals surface area contributed by atoms with Gasteiger partial charge in [0.25, 0.3) is 0 Å². The number of carbonyl (C=O) groups excluding carboxylic acids is 1. The Labute approximate surface area is 92.8 Å². The molecule has 0 atom stereocenters. The lowest BCUT2D eigenvalue weighted by Crippen LogP contribution is -2.19. The lowest BCUT2D eigenvalue weighted by molar-refractivity contribution is -0.116. The Bertz CT molecular complexity index is 357. The molecule has 0 aromatic carbocycles. The van der Waals surface area contributed by atoms with Gasteiger partial charge in [-0.2, -0.15) is 0 Å². The maximum Gasteiger partial charge on any atom is 0.224 e. The second kappa shape index (κ2) is 4.26. The molecule has 0 bridgehead atoms. The third-order valence-corrected chi connectivity index (χ3v) is 3.37. The molecular formula is C9H13ClN4O. The van der Waals surface area contributed by atoms with Crippen LogP contribution in [0.4, 0.5) is 0 Å². The van der Waals surface area contributed by atoms with E-state index >= 15 is 0 Å². The Kier molecular flexibility index (Phi) is 3.00. The zero-order valence-corrected chi connectivity index (χ0v) is 9.31. The molecule has 1 saturated carbocycles. The van der Waals surface area contributed by atoms with Gasteiger partial charge in [-0.25, -0.2) is 4.68 Å². The average Bonchev–Trinajstić information content (AvgIpc) is 2.65. The van der Waals surface area contributed by atoms with E-state index < -0.39 is 0 Å². The summed E-state index contributed by atoms with van der Waals surface area (Å²) in [6.45, 7) is 0. The van der Waals surface area contributed by atoms with Crippen molar-refractivity contribution in [2.75, 3.05) is 0 Å². The highest BCUT2D eigenvalue weighted by atomic mass is 35.5. The van der Waals surface area contributed by atoms with Crippen molar-refractivity contribution in [3.05, 3.63) is 5.82 Å². The molecule has 1 fully saturated rings. The van der Waals surface area contributed by atoms with E-state index in [9.17, 15) is 4.79 Å². The van der Waals surface area contributed by atoms with Crippen LogP contribution in [0.1, 0.15) is 37.4 Å². The smallest absolute Gasteiger partial charge is 0.224 e. The van der Waals surface area contributed by atoms with E-state index in [1.54, 1.807) is 4.68 Å².